The van der Waals surface area contributed by atoms with Crippen molar-refractivity contribution < 1.29 is 12.8 Å². The highest BCUT2D eigenvalue weighted by Crippen LogP contribution is 2.25. The summed E-state index contributed by atoms with van der Waals surface area (Å²) in [6.45, 7) is 1.59. The van der Waals surface area contributed by atoms with Crippen LogP contribution in [0.3, 0.4) is 0 Å². The van der Waals surface area contributed by atoms with Crippen LogP contribution >= 0.6 is 23.2 Å². The summed E-state index contributed by atoms with van der Waals surface area (Å²) in [7, 11) is -4.01. The van der Waals surface area contributed by atoms with Crippen LogP contribution in [0.25, 0.3) is 0 Å². The van der Waals surface area contributed by atoms with Gasteiger partial charge in [-0.2, -0.15) is 0 Å². The molecule has 2 rings (SSSR count). The molecule has 0 radical (unpaired) electrons. The SMILES string of the molecule is Cc1nc(Cl)ccc1NS(=O)(=O)c1cc(F)ccc1Cl. The number of aromatic nitrogens is 1. The maximum atomic E-state index is 13.2. The second kappa shape index (κ2) is 5.55. The van der Waals surface area contributed by atoms with E-state index in [1.54, 1.807) is 6.92 Å². The molecule has 0 saturated heterocycles. The van der Waals surface area contributed by atoms with E-state index in [0.717, 1.165) is 12.1 Å². The Morgan fingerprint density at radius 2 is 1.90 bits per heavy atom. The van der Waals surface area contributed by atoms with Crippen molar-refractivity contribution in [1.82, 2.24) is 4.98 Å². The first kappa shape index (κ1) is 15.0. The van der Waals surface area contributed by atoms with E-state index in [4.69, 9.17) is 23.2 Å². The van der Waals surface area contributed by atoms with Crippen molar-refractivity contribution >= 4 is 38.9 Å². The molecule has 1 heterocycles. The van der Waals surface area contributed by atoms with Gasteiger partial charge in [0.2, 0.25) is 0 Å². The largest absolute Gasteiger partial charge is 0.278 e. The van der Waals surface area contributed by atoms with E-state index in [2.05, 4.69) is 9.71 Å². The Balaban J connectivity index is 2.43. The van der Waals surface area contributed by atoms with Gasteiger partial charge in [0.15, 0.2) is 0 Å². The lowest BCUT2D eigenvalue weighted by Gasteiger charge is -2.11. The first-order valence-corrected chi connectivity index (χ1v) is 7.64. The van der Waals surface area contributed by atoms with E-state index in [-0.39, 0.29) is 20.8 Å². The number of hydrogen-bond acceptors (Lipinski definition) is 3. The van der Waals surface area contributed by atoms with Crippen LogP contribution in [0.4, 0.5) is 10.1 Å². The van der Waals surface area contributed by atoms with E-state index in [9.17, 15) is 12.8 Å². The minimum Gasteiger partial charge on any atom is -0.278 e. The summed E-state index contributed by atoms with van der Waals surface area (Å²) in [4.78, 5) is 3.58. The number of rotatable bonds is 3. The van der Waals surface area contributed by atoms with Crippen molar-refractivity contribution in [2.45, 2.75) is 11.8 Å². The second-order valence-corrected chi connectivity index (χ2v) is 6.39. The molecule has 4 nitrogen and oxygen atoms in total. The molecule has 0 unspecified atom stereocenters. The first-order valence-electron chi connectivity index (χ1n) is 5.40. The highest BCUT2D eigenvalue weighted by atomic mass is 35.5. The van der Waals surface area contributed by atoms with Gasteiger partial charge in [-0.1, -0.05) is 23.2 Å². The molecule has 0 amide bonds. The summed E-state index contributed by atoms with van der Waals surface area (Å²) >= 11 is 11.5. The molecule has 1 aromatic heterocycles. The zero-order valence-electron chi connectivity index (χ0n) is 10.2. The molecule has 8 heteroatoms. The lowest BCUT2D eigenvalue weighted by molar-refractivity contribution is 0.595. The van der Waals surface area contributed by atoms with Gasteiger partial charge in [-0.3, -0.25) is 4.72 Å². The molecule has 106 valence electrons. The smallest absolute Gasteiger partial charge is 0.263 e. The van der Waals surface area contributed by atoms with Crippen LogP contribution in [0.1, 0.15) is 5.69 Å². The van der Waals surface area contributed by atoms with Gasteiger partial charge in [0, 0.05) is 0 Å². The van der Waals surface area contributed by atoms with E-state index in [0.29, 0.717) is 5.69 Å². The van der Waals surface area contributed by atoms with Crippen LogP contribution < -0.4 is 4.72 Å². The van der Waals surface area contributed by atoms with Crippen molar-refractivity contribution in [3.63, 3.8) is 0 Å². The number of benzene rings is 1. The minimum atomic E-state index is -4.01. The zero-order valence-corrected chi connectivity index (χ0v) is 12.5. The molecule has 0 spiro atoms. The maximum absolute atomic E-state index is 13.2. The van der Waals surface area contributed by atoms with Gasteiger partial charge in [-0.25, -0.2) is 17.8 Å². The number of sulfonamides is 1. The third-order valence-corrected chi connectivity index (χ3v) is 4.54. The van der Waals surface area contributed by atoms with E-state index in [1.807, 2.05) is 0 Å². The fourth-order valence-electron chi connectivity index (χ4n) is 1.52. The topological polar surface area (TPSA) is 59.1 Å². The monoisotopic (exact) mass is 334 g/mol. The Kier molecular flexibility index (Phi) is 4.17. The quantitative estimate of drug-likeness (QED) is 0.872. The molecule has 0 aliphatic carbocycles. The summed E-state index contributed by atoms with van der Waals surface area (Å²) in [5, 5.41) is 0.174. The zero-order chi connectivity index (χ0) is 14.9. The predicted molar refractivity (Wildman–Crippen MR) is 76.2 cm³/mol. The molecular formula is C12H9Cl2FN2O2S. The fraction of sp³-hybridized carbons (Fsp3) is 0.0833. The Labute approximate surface area is 125 Å². The molecule has 0 atom stereocenters. The molecule has 0 bridgehead atoms. The molecule has 0 aliphatic heterocycles. The summed E-state index contributed by atoms with van der Waals surface area (Å²) in [5.41, 5.74) is 0.642. The molecule has 1 aromatic carbocycles. The Morgan fingerprint density at radius 1 is 1.20 bits per heavy atom. The highest BCUT2D eigenvalue weighted by Gasteiger charge is 2.20. The first-order chi connectivity index (χ1) is 9.29. The molecule has 0 fully saturated rings. The van der Waals surface area contributed by atoms with Gasteiger partial charge in [0.1, 0.15) is 15.9 Å². The number of nitrogens with zero attached hydrogens (tertiary/aromatic N) is 1. The number of nitrogens with one attached hydrogen (secondary N) is 1. The van der Waals surface area contributed by atoms with Crippen LogP contribution in [-0.2, 0) is 10.0 Å². The number of hydrogen-bond donors (Lipinski definition) is 1. The molecule has 20 heavy (non-hydrogen) atoms. The summed E-state index contributed by atoms with van der Waals surface area (Å²) in [6, 6.07) is 6.02. The van der Waals surface area contributed by atoms with Crippen LogP contribution in [0.15, 0.2) is 35.2 Å². The van der Waals surface area contributed by atoms with E-state index < -0.39 is 15.8 Å². The van der Waals surface area contributed by atoms with Gasteiger partial charge in [0.05, 0.1) is 16.4 Å². The van der Waals surface area contributed by atoms with E-state index >= 15 is 0 Å². The van der Waals surface area contributed by atoms with Crippen LogP contribution in [0.2, 0.25) is 10.2 Å². The van der Waals surface area contributed by atoms with Crippen LogP contribution in [0.5, 0.6) is 0 Å². The average Bonchev–Trinajstić information content (AvgIpc) is 2.35. The lowest BCUT2D eigenvalue weighted by Crippen LogP contribution is -2.15. The molecule has 0 aliphatic rings. The number of halogens is 3. The minimum absolute atomic E-state index is 0.0709. The number of anilines is 1. The summed E-state index contributed by atoms with van der Waals surface area (Å²) in [5.74, 6) is -0.694. The molecule has 0 saturated carbocycles. The third-order valence-electron chi connectivity index (χ3n) is 2.48. The Bertz CT molecular complexity index is 766. The van der Waals surface area contributed by atoms with Crippen molar-refractivity contribution in [2.75, 3.05) is 4.72 Å². The standard InChI is InChI=1S/C12H9Cl2FN2O2S/c1-7-10(4-5-12(14)16-7)17-20(18,19)11-6-8(15)2-3-9(11)13/h2-6,17H,1H3. The molecule has 1 N–H and O–H groups in total. The Hall–Kier alpha value is -1.37. The van der Waals surface area contributed by atoms with E-state index in [1.165, 1.54) is 18.2 Å². The summed E-state index contributed by atoms with van der Waals surface area (Å²) < 4.78 is 39.8. The van der Waals surface area contributed by atoms with Gasteiger partial charge in [0.25, 0.3) is 10.0 Å². The third kappa shape index (κ3) is 3.20. The van der Waals surface area contributed by atoms with Gasteiger partial charge in [-0.15, -0.1) is 0 Å². The number of aryl methyl sites for hydroxylation is 1. The Morgan fingerprint density at radius 3 is 2.55 bits per heavy atom. The van der Waals surface area contributed by atoms with Gasteiger partial charge >= 0.3 is 0 Å². The van der Waals surface area contributed by atoms with Crippen LogP contribution in [0, 0.1) is 12.7 Å². The van der Waals surface area contributed by atoms with Gasteiger partial charge < -0.3 is 0 Å². The highest BCUT2D eigenvalue weighted by molar-refractivity contribution is 7.92. The normalized spacial score (nSPS) is 11.4. The second-order valence-electron chi connectivity index (χ2n) is 3.95. The van der Waals surface area contributed by atoms with Crippen molar-refractivity contribution in [1.29, 1.82) is 0 Å². The van der Waals surface area contributed by atoms with Crippen molar-refractivity contribution in [3.8, 4) is 0 Å². The lowest BCUT2D eigenvalue weighted by atomic mass is 10.3. The molecule has 2 aromatic rings. The van der Waals surface area contributed by atoms with Crippen molar-refractivity contribution in [2.24, 2.45) is 0 Å². The maximum Gasteiger partial charge on any atom is 0.263 e. The summed E-state index contributed by atoms with van der Waals surface area (Å²) in [6.07, 6.45) is 0. The molecular weight excluding hydrogens is 326 g/mol. The fourth-order valence-corrected chi connectivity index (χ4v) is 3.34. The predicted octanol–water partition coefficient (Wildman–Crippen LogP) is 3.64. The van der Waals surface area contributed by atoms with Crippen molar-refractivity contribution in [3.05, 3.63) is 52.0 Å². The number of pyridine rings is 1. The average molecular weight is 335 g/mol. The van der Waals surface area contributed by atoms with Gasteiger partial charge in [-0.05, 0) is 37.3 Å². The van der Waals surface area contributed by atoms with Crippen LogP contribution in [-0.4, -0.2) is 13.4 Å².